The topological polar surface area (TPSA) is 39.4 Å². The van der Waals surface area contributed by atoms with E-state index >= 15 is 0 Å². The van der Waals surface area contributed by atoms with Gasteiger partial charge in [-0.15, -0.1) is 0 Å². The molecule has 25 heavy (non-hydrogen) atoms. The molecule has 124 valence electrons. The molecule has 4 nitrogen and oxygen atoms in total. The van der Waals surface area contributed by atoms with Crippen LogP contribution in [0.4, 0.5) is 0 Å². The van der Waals surface area contributed by atoms with Crippen LogP contribution in [0.15, 0.2) is 67.1 Å². The number of ether oxygens (including phenoxy) is 1. The Bertz CT molecular complexity index is 1020. The Labute approximate surface area is 150 Å². The Balaban J connectivity index is 1.81. The molecule has 0 radical (unpaired) electrons. The van der Waals surface area contributed by atoms with E-state index in [1.807, 2.05) is 72.2 Å². The number of hydrogen-bond acceptors (Lipinski definition) is 3. The van der Waals surface area contributed by atoms with Crippen molar-refractivity contribution < 1.29 is 4.74 Å². The second kappa shape index (κ2) is 6.57. The molecule has 0 saturated carbocycles. The monoisotopic (exact) mass is 349 g/mol. The van der Waals surface area contributed by atoms with Gasteiger partial charge in [-0.05, 0) is 31.2 Å². The molecule has 0 aliphatic heterocycles. The minimum Gasteiger partial charge on any atom is -0.494 e. The third-order valence-corrected chi connectivity index (χ3v) is 4.23. The van der Waals surface area contributed by atoms with Crippen LogP contribution in [0.1, 0.15) is 6.92 Å². The molecule has 0 N–H and O–H groups in total. The molecule has 2 heterocycles. The molecular weight excluding hydrogens is 334 g/mol. The van der Waals surface area contributed by atoms with E-state index in [4.69, 9.17) is 16.3 Å². The normalized spacial score (nSPS) is 11.0. The first-order valence-electron chi connectivity index (χ1n) is 8.07. The lowest BCUT2D eigenvalue weighted by Gasteiger charge is -2.07. The summed E-state index contributed by atoms with van der Waals surface area (Å²) in [6.07, 6.45) is 5.63. The van der Waals surface area contributed by atoms with Crippen LogP contribution in [0.5, 0.6) is 5.75 Å². The number of hydrogen-bond donors (Lipinski definition) is 0. The van der Waals surface area contributed by atoms with Crippen molar-refractivity contribution in [1.82, 2.24) is 14.4 Å². The molecular formula is C20H16ClN3O. The molecule has 4 rings (SSSR count). The molecule has 0 bridgehead atoms. The summed E-state index contributed by atoms with van der Waals surface area (Å²) in [4.78, 5) is 8.98. The summed E-state index contributed by atoms with van der Waals surface area (Å²) in [5, 5.41) is 0.715. The third kappa shape index (κ3) is 3.08. The van der Waals surface area contributed by atoms with E-state index in [-0.39, 0.29) is 0 Å². The van der Waals surface area contributed by atoms with Gasteiger partial charge in [0.15, 0.2) is 5.65 Å². The summed E-state index contributed by atoms with van der Waals surface area (Å²) in [6.45, 7) is 2.61. The molecule has 0 saturated heterocycles. The zero-order valence-corrected chi connectivity index (χ0v) is 14.4. The van der Waals surface area contributed by atoms with Crippen LogP contribution < -0.4 is 4.74 Å². The number of halogens is 1. The van der Waals surface area contributed by atoms with E-state index in [0.29, 0.717) is 11.6 Å². The van der Waals surface area contributed by atoms with Crippen LogP contribution in [0.25, 0.3) is 28.2 Å². The summed E-state index contributed by atoms with van der Waals surface area (Å²) in [7, 11) is 0. The van der Waals surface area contributed by atoms with Gasteiger partial charge in [-0.1, -0.05) is 35.9 Å². The molecule has 2 aromatic carbocycles. The van der Waals surface area contributed by atoms with E-state index in [1.165, 1.54) is 0 Å². The molecule has 5 heteroatoms. The second-order valence-electron chi connectivity index (χ2n) is 5.61. The quantitative estimate of drug-likeness (QED) is 0.513. The van der Waals surface area contributed by atoms with E-state index in [1.54, 1.807) is 6.20 Å². The van der Waals surface area contributed by atoms with Crippen LogP contribution in [0.2, 0.25) is 5.02 Å². The Morgan fingerprint density at radius 1 is 1.00 bits per heavy atom. The molecule has 0 atom stereocenters. The van der Waals surface area contributed by atoms with Crippen molar-refractivity contribution >= 4 is 17.2 Å². The van der Waals surface area contributed by atoms with Gasteiger partial charge in [0, 0.05) is 22.3 Å². The minimum atomic E-state index is 0.637. The molecule has 0 aliphatic rings. The highest BCUT2D eigenvalue weighted by atomic mass is 35.5. The Kier molecular flexibility index (Phi) is 4.12. The summed E-state index contributed by atoms with van der Waals surface area (Å²) < 4.78 is 7.63. The number of aromatic nitrogens is 3. The SMILES string of the molecule is CCOc1cccc(-c2cn3c(-c4ccc(Cl)cc4)cnc3cn2)c1. The van der Waals surface area contributed by atoms with Gasteiger partial charge in [-0.3, -0.25) is 9.38 Å². The summed E-state index contributed by atoms with van der Waals surface area (Å²) in [5.74, 6) is 0.838. The molecule has 4 aromatic rings. The molecule has 0 amide bonds. The Hall–Kier alpha value is -2.85. The van der Waals surface area contributed by atoms with Crippen LogP contribution in [0.3, 0.4) is 0 Å². The lowest BCUT2D eigenvalue weighted by Crippen LogP contribution is -1.94. The van der Waals surface area contributed by atoms with E-state index < -0.39 is 0 Å². The fraction of sp³-hybridized carbons (Fsp3) is 0.100. The van der Waals surface area contributed by atoms with Gasteiger partial charge in [0.05, 0.1) is 30.4 Å². The molecule has 0 unspecified atom stereocenters. The highest BCUT2D eigenvalue weighted by Gasteiger charge is 2.09. The maximum Gasteiger partial charge on any atom is 0.155 e. The van der Waals surface area contributed by atoms with Crippen molar-refractivity contribution in [1.29, 1.82) is 0 Å². The first-order valence-corrected chi connectivity index (χ1v) is 8.44. The average Bonchev–Trinajstić information content (AvgIpc) is 3.06. The molecule has 2 aromatic heterocycles. The Morgan fingerprint density at radius 2 is 1.84 bits per heavy atom. The molecule has 0 aliphatic carbocycles. The fourth-order valence-corrected chi connectivity index (χ4v) is 2.91. The van der Waals surface area contributed by atoms with Gasteiger partial charge < -0.3 is 4.74 Å². The number of benzene rings is 2. The minimum absolute atomic E-state index is 0.637. The summed E-state index contributed by atoms with van der Waals surface area (Å²) in [6, 6.07) is 15.7. The van der Waals surface area contributed by atoms with E-state index in [2.05, 4.69) is 9.97 Å². The molecule has 0 spiro atoms. The van der Waals surface area contributed by atoms with Gasteiger partial charge in [0.1, 0.15) is 5.75 Å². The van der Waals surface area contributed by atoms with E-state index in [0.717, 1.165) is 33.9 Å². The predicted molar refractivity (Wildman–Crippen MR) is 100 cm³/mol. The number of fused-ring (bicyclic) bond motifs is 1. The number of nitrogens with zero attached hydrogens (tertiary/aromatic N) is 3. The zero-order chi connectivity index (χ0) is 17.2. The lowest BCUT2D eigenvalue weighted by atomic mass is 10.1. The maximum atomic E-state index is 5.99. The van der Waals surface area contributed by atoms with Crippen LogP contribution in [0, 0.1) is 0 Å². The average molecular weight is 350 g/mol. The summed E-state index contributed by atoms with van der Waals surface area (Å²) in [5.41, 5.74) is 4.72. The standard InChI is InChI=1S/C20H16ClN3O/c1-2-25-17-5-3-4-15(10-17)18-13-24-19(11-23-20(24)12-22-18)14-6-8-16(21)9-7-14/h3-13H,2H2,1H3. The smallest absolute Gasteiger partial charge is 0.155 e. The zero-order valence-electron chi connectivity index (χ0n) is 13.7. The first kappa shape index (κ1) is 15.7. The van der Waals surface area contributed by atoms with Crippen molar-refractivity contribution in [2.75, 3.05) is 6.61 Å². The van der Waals surface area contributed by atoms with Crippen molar-refractivity contribution in [3.8, 4) is 28.3 Å². The highest BCUT2D eigenvalue weighted by molar-refractivity contribution is 6.30. The largest absolute Gasteiger partial charge is 0.494 e. The van der Waals surface area contributed by atoms with Gasteiger partial charge in [-0.25, -0.2) is 4.98 Å². The van der Waals surface area contributed by atoms with Crippen LogP contribution in [-0.4, -0.2) is 21.0 Å². The fourth-order valence-electron chi connectivity index (χ4n) is 2.78. The van der Waals surface area contributed by atoms with Gasteiger partial charge >= 0.3 is 0 Å². The van der Waals surface area contributed by atoms with E-state index in [9.17, 15) is 0 Å². The second-order valence-corrected chi connectivity index (χ2v) is 6.05. The predicted octanol–water partition coefficient (Wildman–Crippen LogP) is 5.12. The van der Waals surface area contributed by atoms with Crippen molar-refractivity contribution in [2.24, 2.45) is 0 Å². The van der Waals surface area contributed by atoms with Crippen molar-refractivity contribution in [2.45, 2.75) is 6.92 Å². The van der Waals surface area contributed by atoms with Crippen LogP contribution in [-0.2, 0) is 0 Å². The lowest BCUT2D eigenvalue weighted by molar-refractivity contribution is 0.340. The summed E-state index contributed by atoms with van der Waals surface area (Å²) >= 11 is 5.99. The maximum absolute atomic E-state index is 5.99. The first-order chi connectivity index (χ1) is 12.2. The van der Waals surface area contributed by atoms with Crippen molar-refractivity contribution in [3.05, 3.63) is 72.1 Å². The van der Waals surface area contributed by atoms with Gasteiger partial charge in [0.25, 0.3) is 0 Å². The van der Waals surface area contributed by atoms with Gasteiger partial charge in [-0.2, -0.15) is 0 Å². The number of imidazole rings is 1. The van der Waals surface area contributed by atoms with Crippen LogP contribution >= 0.6 is 11.6 Å². The number of rotatable bonds is 4. The van der Waals surface area contributed by atoms with Crippen molar-refractivity contribution in [3.63, 3.8) is 0 Å². The third-order valence-electron chi connectivity index (χ3n) is 3.98. The van der Waals surface area contributed by atoms with Gasteiger partial charge in [0.2, 0.25) is 0 Å². The Morgan fingerprint density at radius 3 is 2.64 bits per heavy atom. The molecule has 0 fully saturated rings. The highest BCUT2D eigenvalue weighted by Crippen LogP contribution is 2.26.